The fourth-order valence-electron chi connectivity index (χ4n) is 3.55. The molecule has 0 fully saturated rings. The number of benzene rings is 1. The molecule has 2 unspecified atom stereocenters. The van der Waals surface area contributed by atoms with Gasteiger partial charge in [0.05, 0.1) is 16.6 Å². The molecule has 0 heterocycles. The van der Waals surface area contributed by atoms with E-state index in [1.807, 2.05) is 20.8 Å². The first-order valence-electron chi connectivity index (χ1n) is 9.02. The highest BCUT2D eigenvalue weighted by molar-refractivity contribution is 6.42. The summed E-state index contributed by atoms with van der Waals surface area (Å²) in [5, 5.41) is 11.3. The largest absolute Gasteiger partial charge is 0.465 e. The first-order chi connectivity index (χ1) is 13.6. The van der Waals surface area contributed by atoms with E-state index >= 15 is 0 Å². The quantitative estimate of drug-likeness (QED) is 0.303. The molecule has 2 atom stereocenters. The van der Waals surface area contributed by atoms with Crippen LogP contribution < -0.4 is 10.6 Å². The Morgan fingerprint density at radius 2 is 1.83 bits per heavy atom. The molecular formula is C20H25Cl3F2N2O3. The fraction of sp³-hybridized carbons (Fsp3) is 0.500. The Labute approximate surface area is 189 Å². The van der Waals surface area contributed by atoms with Crippen LogP contribution in [-0.4, -0.2) is 41.5 Å². The van der Waals surface area contributed by atoms with Gasteiger partial charge in [0.2, 0.25) is 5.78 Å². The number of ketones is 1. The lowest BCUT2D eigenvalue weighted by Crippen LogP contribution is -2.60. The number of halogens is 5. The van der Waals surface area contributed by atoms with Crippen LogP contribution in [0, 0.1) is 5.41 Å². The van der Waals surface area contributed by atoms with E-state index in [1.54, 1.807) is 24.3 Å². The van der Waals surface area contributed by atoms with Crippen LogP contribution in [0.3, 0.4) is 0 Å². The molecule has 1 rings (SSSR count). The maximum Gasteiger partial charge on any atom is 0.404 e. The van der Waals surface area contributed by atoms with Crippen LogP contribution in [0.2, 0.25) is 10.0 Å². The standard InChI is InChI=1S/C20H25Cl3F2N2O3/c1-5-8-19(11-26-10-15(28)20(23,24)25,12-6-7-13(21)14(22)9-12)16(18(2,3)4)27-17(29)30/h5-7,9,16,26-27H,1,8,10-11H2,2-4H3,(H,29,30). The first-order valence-corrected chi connectivity index (χ1v) is 10.1. The van der Waals surface area contributed by atoms with Crippen molar-refractivity contribution in [3.8, 4) is 0 Å². The van der Waals surface area contributed by atoms with Crippen LogP contribution >= 0.6 is 34.8 Å². The lowest BCUT2D eigenvalue weighted by atomic mass is 9.63. The minimum Gasteiger partial charge on any atom is -0.465 e. The average molecular weight is 486 g/mol. The molecule has 0 saturated carbocycles. The van der Waals surface area contributed by atoms with E-state index in [4.69, 9.17) is 34.8 Å². The molecule has 0 bridgehead atoms. The molecule has 1 aromatic rings. The first kappa shape index (κ1) is 26.6. The average Bonchev–Trinajstić information content (AvgIpc) is 2.59. The Hall–Kier alpha value is -1.41. The molecule has 3 N–H and O–H groups in total. The second-order valence-corrected chi connectivity index (χ2v) is 9.34. The summed E-state index contributed by atoms with van der Waals surface area (Å²) in [6.45, 7) is 8.52. The van der Waals surface area contributed by atoms with Gasteiger partial charge in [-0.15, -0.1) is 6.58 Å². The van der Waals surface area contributed by atoms with E-state index in [0.717, 1.165) is 0 Å². The Kier molecular flexibility index (Phi) is 9.11. The van der Waals surface area contributed by atoms with Gasteiger partial charge in [-0.2, -0.15) is 8.78 Å². The zero-order valence-corrected chi connectivity index (χ0v) is 19.1. The summed E-state index contributed by atoms with van der Waals surface area (Å²) >= 11 is 17.0. The van der Waals surface area contributed by atoms with Gasteiger partial charge in [-0.1, -0.05) is 56.1 Å². The van der Waals surface area contributed by atoms with E-state index in [1.165, 1.54) is 0 Å². The number of hydrogen-bond acceptors (Lipinski definition) is 3. The van der Waals surface area contributed by atoms with Gasteiger partial charge in [0.15, 0.2) is 0 Å². The maximum absolute atomic E-state index is 13.1. The summed E-state index contributed by atoms with van der Waals surface area (Å²) in [6, 6.07) is 4.11. The highest BCUT2D eigenvalue weighted by Crippen LogP contribution is 2.42. The smallest absolute Gasteiger partial charge is 0.404 e. The van der Waals surface area contributed by atoms with Crippen LogP contribution in [0.4, 0.5) is 13.6 Å². The molecule has 10 heteroatoms. The van der Waals surface area contributed by atoms with Crippen LogP contribution in [0.25, 0.3) is 0 Å². The van der Waals surface area contributed by atoms with Crippen molar-refractivity contribution in [2.24, 2.45) is 5.41 Å². The number of rotatable bonds is 10. The van der Waals surface area contributed by atoms with Crippen molar-refractivity contribution in [1.82, 2.24) is 10.6 Å². The highest BCUT2D eigenvalue weighted by Gasteiger charge is 2.47. The van der Waals surface area contributed by atoms with Crippen molar-refractivity contribution in [3.63, 3.8) is 0 Å². The van der Waals surface area contributed by atoms with Gasteiger partial charge >= 0.3 is 11.5 Å². The summed E-state index contributed by atoms with van der Waals surface area (Å²) in [4.78, 5) is 23.2. The molecule has 0 aromatic heterocycles. The van der Waals surface area contributed by atoms with E-state index in [0.29, 0.717) is 10.6 Å². The zero-order valence-electron chi connectivity index (χ0n) is 16.9. The molecule has 0 saturated heterocycles. The fourth-order valence-corrected chi connectivity index (χ4v) is 3.91. The van der Waals surface area contributed by atoms with Gasteiger partial charge in [-0.05, 0) is 41.1 Å². The van der Waals surface area contributed by atoms with Crippen molar-refractivity contribution in [3.05, 3.63) is 46.5 Å². The van der Waals surface area contributed by atoms with Crippen molar-refractivity contribution >= 4 is 46.7 Å². The third kappa shape index (κ3) is 6.80. The van der Waals surface area contributed by atoms with E-state index in [9.17, 15) is 23.5 Å². The second-order valence-electron chi connectivity index (χ2n) is 8.05. The lowest BCUT2D eigenvalue weighted by molar-refractivity contribution is -0.132. The second kappa shape index (κ2) is 10.3. The molecule has 5 nitrogen and oxygen atoms in total. The molecule has 0 radical (unpaired) electrons. The molecular weight excluding hydrogens is 461 g/mol. The molecule has 1 amide bonds. The number of amides is 1. The Balaban J connectivity index is 3.55. The predicted molar refractivity (Wildman–Crippen MR) is 116 cm³/mol. The molecule has 1 aromatic carbocycles. The molecule has 0 aliphatic rings. The number of carbonyl (C=O) groups excluding carboxylic acids is 1. The monoisotopic (exact) mass is 484 g/mol. The van der Waals surface area contributed by atoms with Gasteiger partial charge in [-0.25, -0.2) is 4.79 Å². The highest BCUT2D eigenvalue weighted by atomic mass is 35.5. The minimum absolute atomic E-state index is 0.0437. The number of hydrogen-bond donors (Lipinski definition) is 3. The number of carbonyl (C=O) groups is 2. The summed E-state index contributed by atoms with van der Waals surface area (Å²) in [6.07, 6.45) is 0.572. The van der Waals surface area contributed by atoms with Gasteiger partial charge in [0.1, 0.15) is 0 Å². The van der Waals surface area contributed by atoms with Gasteiger partial charge in [0.25, 0.3) is 0 Å². The number of nitrogens with one attached hydrogen (secondary N) is 2. The Morgan fingerprint density at radius 3 is 2.27 bits per heavy atom. The van der Waals surface area contributed by atoms with Crippen molar-refractivity contribution in [2.75, 3.05) is 13.1 Å². The summed E-state index contributed by atoms with van der Waals surface area (Å²) in [7, 11) is 0. The van der Waals surface area contributed by atoms with Crippen LogP contribution in [0.5, 0.6) is 0 Å². The van der Waals surface area contributed by atoms with Gasteiger partial charge < -0.3 is 15.7 Å². The number of carboxylic acid groups (broad SMARTS) is 1. The van der Waals surface area contributed by atoms with E-state index in [-0.39, 0.29) is 18.0 Å². The predicted octanol–water partition coefficient (Wildman–Crippen LogP) is 5.48. The topological polar surface area (TPSA) is 78.4 Å². The minimum atomic E-state index is -4.00. The molecule has 0 aliphatic carbocycles. The lowest BCUT2D eigenvalue weighted by Gasteiger charge is -2.47. The van der Waals surface area contributed by atoms with E-state index in [2.05, 4.69) is 17.2 Å². The van der Waals surface area contributed by atoms with Crippen LogP contribution in [0.1, 0.15) is 32.8 Å². The maximum atomic E-state index is 13.1. The third-order valence-corrected chi connectivity index (χ3v) is 5.68. The summed E-state index contributed by atoms with van der Waals surface area (Å²) in [5.41, 5.74) is -1.05. The Morgan fingerprint density at radius 1 is 1.23 bits per heavy atom. The Bertz CT molecular complexity index is 794. The molecule has 0 aliphatic heterocycles. The van der Waals surface area contributed by atoms with Crippen molar-refractivity contribution in [2.45, 2.75) is 44.0 Å². The summed E-state index contributed by atoms with van der Waals surface area (Å²) in [5.74, 6) is -1.50. The molecule has 168 valence electrons. The SMILES string of the molecule is C=CCC(CNCC(=O)C(F)(F)Cl)(c1ccc(Cl)c(Cl)c1)C(NC(=O)O)C(C)(C)C. The number of alkyl halides is 3. The van der Waals surface area contributed by atoms with Crippen LogP contribution in [0.15, 0.2) is 30.9 Å². The van der Waals surface area contributed by atoms with Crippen molar-refractivity contribution < 1.29 is 23.5 Å². The van der Waals surface area contributed by atoms with Gasteiger partial charge in [-0.3, -0.25) is 4.79 Å². The van der Waals surface area contributed by atoms with Crippen molar-refractivity contribution in [1.29, 1.82) is 0 Å². The van der Waals surface area contributed by atoms with Gasteiger partial charge in [0, 0.05) is 18.0 Å². The molecule has 30 heavy (non-hydrogen) atoms. The number of allylic oxidation sites excluding steroid dienone is 1. The zero-order chi connectivity index (χ0) is 23.3. The third-order valence-electron chi connectivity index (χ3n) is 4.73. The van der Waals surface area contributed by atoms with E-state index < -0.39 is 40.7 Å². The normalized spacial score (nSPS) is 15.2. The number of Topliss-reactive ketones (excluding diaryl/α,β-unsaturated/α-hetero) is 1. The molecule has 0 spiro atoms. The van der Waals surface area contributed by atoms with Crippen LogP contribution in [-0.2, 0) is 10.2 Å². The summed E-state index contributed by atoms with van der Waals surface area (Å²) < 4.78 is 26.1.